The van der Waals surface area contributed by atoms with E-state index in [9.17, 15) is 14.7 Å². The van der Waals surface area contributed by atoms with Crippen LogP contribution in [0.4, 0.5) is 5.82 Å². The van der Waals surface area contributed by atoms with Crippen molar-refractivity contribution in [3.8, 4) is 11.4 Å². The number of nitrogens with two attached hydrogens (primary N) is 2. The first-order chi connectivity index (χ1) is 12.2. The number of nitrogen functional groups attached to an aromatic ring is 1. The zero-order valence-corrected chi connectivity index (χ0v) is 16.0. The summed E-state index contributed by atoms with van der Waals surface area (Å²) < 4.78 is 1.83. The van der Waals surface area contributed by atoms with Crippen molar-refractivity contribution in [3.63, 3.8) is 0 Å². The number of hydrogen-bond acceptors (Lipinski definition) is 5. The summed E-state index contributed by atoms with van der Waals surface area (Å²) in [4.78, 5) is 26.5. The van der Waals surface area contributed by atoms with Gasteiger partial charge in [0.05, 0.1) is 21.3 Å². The Labute approximate surface area is 154 Å². The lowest BCUT2D eigenvalue weighted by Gasteiger charge is -2.18. The Bertz CT molecular complexity index is 1130. The lowest BCUT2D eigenvalue weighted by Crippen LogP contribution is -2.27. The van der Waals surface area contributed by atoms with Crippen LogP contribution in [0.3, 0.4) is 0 Å². The summed E-state index contributed by atoms with van der Waals surface area (Å²) in [6.07, 6.45) is 0.743. The molecular weight excluding hydrogens is 350 g/mol. The van der Waals surface area contributed by atoms with Crippen LogP contribution >= 0.6 is 11.3 Å². The first-order valence-corrected chi connectivity index (χ1v) is 9.08. The Morgan fingerprint density at radius 3 is 2.46 bits per heavy atom. The second-order valence-corrected chi connectivity index (χ2v) is 7.45. The third-order valence-corrected chi connectivity index (χ3v) is 6.24. The molecule has 1 amide bonds. The molecule has 0 aliphatic heterocycles. The fourth-order valence-corrected chi connectivity index (χ4v) is 4.71. The van der Waals surface area contributed by atoms with Crippen LogP contribution in [-0.4, -0.2) is 15.6 Å². The van der Waals surface area contributed by atoms with Gasteiger partial charge in [0, 0.05) is 10.4 Å². The molecule has 3 aromatic rings. The number of benzene rings is 1. The van der Waals surface area contributed by atoms with E-state index in [0.717, 1.165) is 22.4 Å². The number of nitrogens with zero attached hydrogens (tertiary/aromatic N) is 1. The number of hydrogen-bond donors (Lipinski definition) is 3. The number of thiophene rings is 1. The molecule has 0 saturated carbocycles. The van der Waals surface area contributed by atoms with Gasteiger partial charge in [-0.2, -0.15) is 0 Å². The van der Waals surface area contributed by atoms with E-state index in [0.29, 0.717) is 21.3 Å². The summed E-state index contributed by atoms with van der Waals surface area (Å²) in [5.41, 5.74) is 14.3. The molecule has 1 aromatic carbocycles. The second-order valence-electron chi connectivity index (χ2n) is 6.35. The minimum atomic E-state index is -0.680. The highest BCUT2D eigenvalue weighted by Gasteiger charge is 2.25. The van der Waals surface area contributed by atoms with Crippen molar-refractivity contribution in [1.29, 1.82) is 0 Å². The Morgan fingerprint density at radius 1 is 1.23 bits per heavy atom. The number of fused-ring (bicyclic) bond motifs is 1. The first-order valence-electron chi connectivity index (χ1n) is 8.26. The third kappa shape index (κ3) is 2.39. The standard InChI is InChI=1S/C19H21N3O3S/c1-5-12-10(4)13-16(26-12)14(18(21)24)17(20)22(19(13)25)15-8(2)6-7-11(23)9(15)3/h6-7,23H,5,20H2,1-4H3,(H2,21,24). The normalized spacial score (nSPS) is 11.2. The Balaban J connectivity index is 2.61. The van der Waals surface area contributed by atoms with Crippen molar-refractivity contribution < 1.29 is 9.90 Å². The highest BCUT2D eigenvalue weighted by Crippen LogP contribution is 2.36. The summed E-state index contributed by atoms with van der Waals surface area (Å²) in [5.74, 6) is -0.634. The van der Waals surface area contributed by atoms with Crippen LogP contribution in [0.1, 0.15) is 38.8 Å². The molecule has 0 bridgehead atoms. The molecule has 0 unspecified atom stereocenters. The topological polar surface area (TPSA) is 111 Å². The Hall–Kier alpha value is -2.80. The number of phenols is 1. The predicted octanol–water partition coefficient (Wildman–Crippen LogP) is 2.93. The number of anilines is 1. The van der Waals surface area contributed by atoms with Crippen molar-refractivity contribution >= 4 is 33.1 Å². The van der Waals surface area contributed by atoms with Gasteiger partial charge in [0.2, 0.25) is 0 Å². The van der Waals surface area contributed by atoms with Gasteiger partial charge in [-0.05, 0) is 44.4 Å². The molecule has 3 rings (SSSR count). The highest BCUT2D eigenvalue weighted by molar-refractivity contribution is 7.19. The van der Waals surface area contributed by atoms with Gasteiger partial charge >= 0.3 is 0 Å². The summed E-state index contributed by atoms with van der Waals surface area (Å²) in [7, 11) is 0. The molecule has 0 fully saturated rings. The molecule has 5 N–H and O–H groups in total. The van der Waals surface area contributed by atoms with Crippen LogP contribution in [0.5, 0.6) is 5.75 Å². The summed E-state index contributed by atoms with van der Waals surface area (Å²) >= 11 is 1.38. The molecule has 26 heavy (non-hydrogen) atoms. The van der Waals surface area contributed by atoms with Crippen molar-refractivity contribution in [2.24, 2.45) is 5.73 Å². The predicted molar refractivity (Wildman–Crippen MR) is 106 cm³/mol. The van der Waals surface area contributed by atoms with Gasteiger partial charge in [0.1, 0.15) is 11.6 Å². The molecule has 2 aromatic heterocycles. The Morgan fingerprint density at radius 2 is 1.88 bits per heavy atom. The zero-order chi connectivity index (χ0) is 19.3. The van der Waals surface area contributed by atoms with E-state index in [-0.39, 0.29) is 22.7 Å². The van der Waals surface area contributed by atoms with Crippen LogP contribution in [-0.2, 0) is 6.42 Å². The number of pyridine rings is 1. The van der Waals surface area contributed by atoms with Crippen LogP contribution in [0.25, 0.3) is 15.8 Å². The van der Waals surface area contributed by atoms with Crippen molar-refractivity contribution in [3.05, 3.63) is 49.6 Å². The SMILES string of the molecule is CCc1sc2c(C(N)=O)c(N)n(-c3c(C)ccc(O)c3C)c(=O)c2c1C. The van der Waals surface area contributed by atoms with Crippen LogP contribution in [0, 0.1) is 20.8 Å². The third-order valence-electron chi connectivity index (χ3n) is 4.78. The lowest BCUT2D eigenvalue weighted by atomic mass is 10.0. The van der Waals surface area contributed by atoms with Gasteiger partial charge in [0.15, 0.2) is 0 Å². The van der Waals surface area contributed by atoms with Crippen molar-refractivity contribution in [2.75, 3.05) is 5.73 Å². The molecule has 0 aliphatic rings. The van der Waals surface area contributed by atoms with Crippen molar-refractivity contribution in [2.45, 2.75) is 34.1 Å². The maximum Gasteiger partial charge on any atom is 0.265 e. The van der Waals surface area contributed by atoms with Gasteiger partial charge in [-0.25, -0.2) is 0 Å². The summed E-state index contributed by atoms with van der Waals surface area (Å²) in [5, 5.41) is 10.6. The monoisotopic (exact) mass is 371 g/mol. The molecule has 7 heteroatoms. The maximum atomic E-state index is 13.3. The summed E-state index contributed by atoms with van der Waals surface area (Å²) in [6.45, 7) is 7.38. The Kier molecular flexibility index (Phi) is 4.28. The number of rotatable bonds is 3. The molecule has 0 radical (unpaired) electrons. The summed E-state index contributed by atoms with van der Waals surface area (Å²) in [6, 6.07) is 3.27. The largest absolute Gasteiger partial charge is 0.508 e. The molecular formula is C19H21N3O3S. The number of aromatic hydroxyl groups is 1. The van der Waals surface area contributed by atoms with Gasteiger partial charge in [0.25, 0.3) is 11.5 Å². The number of phenolic OH excluding ortho intramolecular Hbond substituents is 1. The second kappa shape index (κ2) is 6.17. The number of carbonyl (C=O) groups excluding carboxylic acids is 1. The van der Waals surface area contributed by atoms with Gasteiger partial charge in [-0.15, -0.1) is 11.3 Å². The number of primary amides is 1. The van der Waals surface area contributed by atoms with E-state index in [2.05, 4.69) is 0 Å². The first kappa shape index (κ1) is 18.0. The van der Waals surface area contributed by atoms with E-state index in [4.69, 9.17) is 11.5 Å². The van der Waals surface area contributed by atoms with Crippen LogP contribution in [0.2, 0.25) is 0 Å². The van der Waals surface area contributed by atoms with Crippen LogP contribution < -0.4 is 17.0 Å². The average molecular weight is 371 g/mol. The molecule has 0 aliphatic carbocycles. The highest BCUT2D eigenvalue weighted by atomic mass is 32.1. The lowest BCUT2D eigenvalue weighted by molar-refractivity contribution is 0.100. The minimum absolute atomic E-state index is 0.00398. The quantitative estimate of drug-likeness (QED) is 0.657. The van der Waals surface area contributed by atoms with E-state index in [1.54, 1.807) is 19.1 Å². The smallest absolute Gasteiger partial charge is 0.265 e. The van der Waals surface area contributed by atoms with E-state index in [1.807, 2.05) is 20.8 Å². The van der Waals surface area contributed by atoms with Gasteiger partial charge in [-0.3, -0.25) is 14.2 Å². The molecule has 0 spiro atoms. The number of carbonyl (C=O) groups is 1. The zero-order valence-electron chi connectivity index (χ0n) is 15.1. The van der Waals surface area contributed by atoms with E-state index < -0.39 is 5.91 Å². The minimum Gasteiger partial charge on any atom is -0.508 e. The number of amides is 1. The van der Waals surface area contributed by atoms with Crippen LogP contribution in [0.15, 0.2) is 16.9 Å². The molecule has 2 heterocycles. The van der Waals surface area contributed by atoms with E-state index in [1.165, 1.54) is 15.9 Å². The molecule has 6 nitrogen and oxygen atoms in total. The average Bonchev–Trinajstić information content (AvgIpc) is 2.90. The van der Waals surface area contributed by atoms with Gasteiger partial charge in [-0.1, -0.05) is 13.0 Å². The molecule has 0 saturated heterocycles. The molecule has 136 valence electrons. The number of aryl methyl sites for hydroxylation is 3. The van der Waals surface area contributed by atoms with E-state index >= 15 is 0 Å². The van der Waals surface area contributed by atoms with Gasteiger partial charge < -0.3 is 16.6 Å². The fourth-order valence-electron chi connectivity index (χ4n) is 3.41. The molecule has 0 atom stereocenters. The number of aromatic nitrogens is 1. The maximum absolute atomic E-state index is 13.3. The van der Waals surface area contributed by atoms with Crippen molar-refractivity contribution in [1.82, 2.24) is 4.57 Å². The fraction of sp³-hybridized carbons (Fsp3) is 0.263.